The summed E-state index contributed by atoms with van der Waals surface area (Å²) in [6.45, 7) is 5.71. The first-order valence-corrected chi connectivity index (χ1v) is 11.6. The van der Waals surface area contributed by atoms with Gasteiger partial charge < -0.3 is 4.74 Å². The number of carbonyl (C=O) groups is 3. The summed E-state index contributed by atoms with van der Waals surface area (Å²) in [5.74, 6) is -0.0997. The van der Waals surface area contributed by atoms with Crippen LogP contribution in [0.25, 0.3) is 10.9 Å². The Morgan fingerprint density at radius 1 is 1.16 bits per heavy atom. The van der Waals surface area contributed by atoms with Gasteiger partial charge in [-0.3, -0.25) is 24.4 Å². The SMILES string of the molecule is Cn1nc(C2CCC(=O)NC2=O)c2ccc(C3CCC(CC(=O)OC(C)(C)C)CC3)cc21. The Hall–Kier alpha value is -2.70. The summed E-state index contributed by atoms with van der Waals surface area (Å²) in [5.41, 5.74) is 2.61. The highest BCUT2D eigenvalue weighted by Gasteiger charge is 2.32. The lowest BCUT2D eigenvalue weighted by atomic mass is 9.77. The molecule has 1 aliphatic carbocycles. The lowest BCUT2D eigenvalue weighted by molar-refractivity contribution is -0.156. The maximum absolute atomic E-state index is 12.3. The summed E-state index contributed by atoms with van der Waals surface area (Å²) in [5, 5.41) is 8.05. The molecule has 0 spiro atoms. The van der Waals surface area contributed by atoms with E-state index >= 15 is 0 Å². The quantitative estimate of drug-likeness (QED) is 0.572. The van der Waals surface area contributed by atoms with E-state index in [0.29, 0.717) is 31.1 Å². The molecule has 7 nitrogen and oxygen atoms in total. The third-order valence-electron chi connectivity index (χ3n) is 6.67. The molecule has 1 aromatic carbocycles. The van der Waals surface area contributed by atoms with Gasteiger partial charge in [0, 0.05) is 25.3 Å². The van der Waals surface area contributed by atoms with Crippen LogP contribution in [0, 0.1) is 5.92 Å². The zero-order valence-corrected chi connectivity index (χ0v) is 19.4. The summed E-state index contributed by atoms with van der Waals surface area (Å²) in [7, 11) is 1.90. The van der Waals surface area contributed by atoms with Crippen LogP contribution < -0.4 is 5.32 Å². The monoisotopic (exact) mass is 439 g/mol. The number of amides is 2. The second-order valence-corrected chi connectivity index (χ2v) is 10.3. The minimum absolute atomic E-state index is 0.0989. The Labute approximate surface area is 188 Å². The van der Waals surface area contributed by atoms with Gasteiger partial charge in [0.2, 0.25) is 11.8 Å². The zero-order chi connectivity index (χ0) is 23.0. The van der Waals surface area contributed by atoms with Crippen LogP contribution in [0.4, 0.5) is 0 Å². The van der Waals surface area contributed by atoms with E-state index in [9.17, 15) is 14.4 Å². The molecule has 1 N–H and O–H groups in total. The van der Waals surface area contributed by atoms with Crippen LogP contribution >= 0.6 is 0 Å². The minimum Gasteiger partial charge on any atom is -0.460 e. The fraction of sp³-hybridized carbons (Fsp3) is 0.600. The molecule has 0 bridgehead atoms. The Kier molecular flexibility index (Phi) is 6.10. The van der Waals surface area contributed by atoms with Gasteiger partial charge in [-0.1, -0.05) is 12.1 Å². The number of aryl methyl sites for hydroxylation is 1. The van der Waals surface area contributed by atoms with E-state index in [4.69, 9.17) is 4.74 Å². The van der Waals surface area contributed by atoms with Crippen molar-refractivity contribution in [2.24, 2.45) is 13.0 Å². The number of hydrogen-bond donors (Lipinski definition) is 1. The van der Waals surface area contributed by atoms with Crippen LogP contribution in [0.2, 0.25) is 0 Å². The molecule has 32 heavy (non-hydrogen) atoms. The zero-order valence-electron chi connectivity index (χ0n) is 19.4. The summed E-state index contributed by atoms with van der Waals surface area (Å²) >= 11 is 0. The molecule has 1 saturated heterocycles. The van der Waals surface area contributed by atoms with E-state index < -0.39 is 5.60 Å². The Morgan fingerprint density at radius 3 is 2.53 bits per heavy atom. The van der Waals surface area contributed by atoms with Crippen LogP contribution in [-0.4, -0.2) is 33.2 Å². The molecule has 2 heterocycles. The van der Waals surface area contributed by atoms with Crippen molar-refractivity contribution in [2.45, 2.75) is 83.2 Å². The van der Waals surface area contributed by atoms with E-state index in [-0.39, 0.29) is 23.7 Å². The van der Waals surface area contributed by atoms with Gasteiger partial charge in [-0.2, -0.15) is 5.10 Å². The lowest BCUT2D eigenvalue weighted by Gasteiger charge is -2.29. The number of fused-ring (bicyclic) bond motifs is 1. The topological polar surface area (TPSA) is 90.3 Å². The number of nitrogens with zero attached hydrogens (tertiary/aromatic N) is 2. The molecule has 1 atom stereocenters. The summed E-state index contributed by atoms with van der Waals surface area (Å²) in [6, 6.07) is 6.42. The maximum Gasteiger partial charge on any atom is 0.306 e. The summed E-state index contributed by atoms with van der Waals surface area (Å²) in [6.07, 6.45) is 5.50. The van der Waals surface area contributed by atoms with E-state index in [1.807, 2.05) is 32.5 Å². The van der Waals surface area contributed by atoms with Gasteiger partial charge in [0.1, 0.15) is 5.60 Å². The predicted octanol–water partition coefficient (Wildman–Crippen LogP) is 4.10. The molecule has 1 unspecified atom stereocenters. The van der Waals surface area contributed by atoms with E-state index in [1.165, 1.54) is 5.56 Å². The largest absolute Gasteiger partial charge is 0.460 e. The number of nitrogens with one attached hydrogen (secondary N) is 1. The van der Waals surface area contributed by atoms with Crippen LogP contribution in [0.5, 0.6) is 0 Å². The van der Waals surface area contributed by atoms with Gasteiger partial charge in [0.25, 0.3) is 0 Å². The van der Waals surface area contributed by atoms with E-state index in [1.54, 1.807) is 0 Å². The summed E-state index contributed by atoms with van der Waals surface area (Å²) < 4.78 is 7.32. The third kappa shape index (κ3) is 4.87. The molecule has 2 aromatic rings. The first-order chi connectivity index (χ1) is 15.1. The molecule has 172 valence electrons. The van der Waals surface area contributed by atoms with Gasteiger partial charge >= 0.3 is 5.97 Å². The summed E-state index contributed by atoms with van der Waals surface area (Å²) in [4.78, 5) is 36.0. The molecule has 1 aliphatic heterocycles. The number of hydrogen-bond acceptors (Lipinski definition) is 5. The van der Waals surface area contributed by atoms with Crippen LogP contribution in [0.1, 0.15) is 88.8 Å². The van der Waals surface area contributed by atoms with Crippen molar-refractivity contribution in [1.82, 2.24) is 15.1 Å². The molecule has 2 amide bonds. The average molecular weight is 440 g/mol. The predicted molar refractivity (Wildman–Crippen MR) is 121 cm³/mol. The highest BCUT2D eigenvalue weighted by atomic mass is 16.6. The van der Waals surface area contributed by atoms with Crippen molar-refractivity contribution in [3.63, 3.8) is 0 Å². The van der Waals surface area contributed by atoms with Crippen molar-refractivity contribution in [2.75, 3.05) is 0 Å². The molecular weight excluding hydrogens is 406 g/mol. The molecule has 2 aliphatic rings. The molecule has 4 rings (SSSR count). The molecule has 0 radical (unpaired) electrons. The van der Waals surface area contributed by atoms with Crippen LogP contribution in [0.3, 0.4) is 0 Å². The molecule has 1 aromatic heterocycles. The molecule has 2 fully saturated rings. The fourth-order valence-electron chi connectivity index (χ4n) is 5.09. The van der Waals surface area contributed by atoms with Crippen molar-refractivity contribution >= 4 is 28.7 Å². The smallest absolute Gasteiger partial charge is 0.306 e. The van der Waals surface area contributed by atoms with E-state index in [2.05, 4.69) is 28.6 Å². The standard InChI is InChI=1S/C25H33N3O4/c1-25(2,3)32-22(30)13-15-5-7-16(8-6-15)17-9-10-18-20(14-17)28(4)27-23(18)19-11-12-21(29)26-24(19)31/h9-10,14-16,19H,5-8,11-13H2,1-4H3,(H,26,29,31). The van der Waals surface area contributed by atoms with Gasteiger partial charge in [0.15, 0.2) is 0 Å². The van der Waals surface area contributed by atoms with Gasteiger partial charge in [-0.05, 0) is 76.3 Å². The highest BCUT2D eigenvalue weighted by molar-refractivity contribution is 6.02. The average Bonchev–Trinajstić information content (AvgIpc) is 3.03. The molecular formula is C25H33N3O4. The Bertz CT molecular complexity index is 1040. The maximum atomic E-state index is 12.3. The minimum atomic E-state index is -0.431. The number of carbonyl (C=O) groups excluding carboxylic acids is 3. The van der Waals surface area contributed by atoms with Crippen LogP contribution in [0.15, 0.2) is 18.2 Å². The highest BCUT2D eigenvalue weighted by Crippen LogP contribution is 2.39. The second-order valence-electron chi connectivity index (χ2n) is 10.3. The van der Waals surface area contributed by atoms with Gasteiger partial charge in [-0.15, -0.1) is 0 Å². The number of rotatable bonds is 4. The number of imide groups is 1. The van der Waals surface area contributed by atoms with Crippen molar-refractivity contribution in [3.8, 4) is 0 Å². The van der Waals surface area contributed by atoms with Crippen molar-refractivity contribution in [3.05, 3.63) is 29.5 Å². The van der Waals surface area contributed by atoms with Gasteiger partial charge in [-0.25, -0.2) is 0 Å². The number of aromatic nitrogens is 2. The molecule has 1 saturated carbocycles. The van der Waals surface area contributed by atoms with Gasteiger partial charge in [0.05, 0.1) is 17.1 Å². The van der Waals surface area contributed by atoms with Crippen molar-refractivity contribution < 1.29 is 19.1 Å². The normalized spacial score (nSPS) is 24.4. The number of esters is 1. The Balaban J connectivity index is 1.44. The fourth-order valence-corrected chi connectivity index (χ4v) is 5.09. The Morgan fingerprint density at radius 2 is 1.88 bits per heavy atom. The molecule has 7 heteroatoms. The van der Waals surface area contributed by atoms with Crippen molar-refractivity contribution in [1.29, 1.82) is 0 Å². The number of ether oxygens (including phenoxy) is 1. The first kappa shape index (κ1) is 22.5. The lowest BCUT2D eigenvalue weighted by Crippen LogP contribution is -2.39. The first-order valence-electron chi connectivity index (χ1n) is 11.6. The number of piperidine rings is 1. The second kappa shape index (κ2) is 8.68. The van der Waals surface area contributed by atoms with Crippen LogP contribution in [-0.2, 0) is 26.2 Å². The third-order valence-corrected chi connectivity index (χ3v) is 6.67. The van der Waals surface area contributed by atoms with E-state index in [0.717, 1.165) is 42.3 Å². The number of benzene rings is 1.